The van der Waals surface area contributed by atoms with E-state index in [1.165, 1.54) is 4.90 Å². The molecule has 0 spiro atoms. The molecule has 4 rings (SSSR count). The lowest BCUT2D eigenvalue weighted by atomic mass is 10.0. The lowest BCUT2D eigenvalue weighted by molar-refractivity contribution is -0.138. The average molecular weight is 412 g/mol. The van der Waals surface area contributed by atoms with Crippen LogP contribution in [0.1, 0.15) is 23.7 Å². The second-order valence-corrected chi connectivity index (χ2v) is 7.29. The molecule has 0 N–H and O–H groups in total. The van der Waals surface area contributed by atoms with Gasteiger partial charge in [0.25, 0.3) is 11.8 Å². The molecule has 0 atom stereocenters. The fraction of sp³-hybridized carbons (Fsp3) is 0.200. The molecule has 0 fully saturated rings. The van der Waals surface area contributed by atoms with E-state index in [9.17, 15) is 9.59 Å². The van der Waals surface area contributed by atoms with Gasteiger partial charge in [-0.05, 0) is 48.7 Å². The van der Waals surface area contributed by atoms with E-state index in [0.717, 1.165) is 17.5 Å². The highest BCUT2D eigenvalue weighted by atomic mass is 16.2. The molecule has 0 saturated heterocycles. The molecule has 3 heterocycles. The number of benzene rings is 1. The molecule has 2 amide bonds. The van der Waals surface area contributed by atoms with Crippen LogP contribution < -0.4 is 0 Å². The van der Waals surface area contributed by atoms with E-state index < -0.39 is 0 Å². The van der Waals surface area contributed by atoms with Crippen LogP contribution in [0.2, 0.25) is 0 Å². The molecule has 31 heavy (non-hydrogen) atoms. The highest BCUT2D eigenvalue weighted by Gasteiger charge is 2.41. The van der Waals surface area contributed by atoms with Crippen LogP contribution in [0.15, 0.2) is 85.0 Å². The Bertz CT molecular complexity index is 1080. The zero-order chi connectivity index (χ0) is 21.6. The van der Waals surface area contributed by atoms with Crippen LogP contribution in [-0.2, 0) is 22.6 Å². The van der Waals surface area contributed by atoms with Gasteiger partial charge in [0.2, 0.25) is 0 Å². The predicted octanol–water partition coefficient (Wildman–Crippen LogP) is 3.32. The minimum Gasteiger partial charge on any atom is -0.366 e. The van der Waals surface area contributed by atoms with E-state index in [0.29, 0.717) is 30.1 Å². The van der Waals surface area contributed by atoms with Crippen molar-refractivity contribution >= 4 is 17.4 Å². The molecule has 1 aliphatic heterocycles. The molecular formula is C25H24N4O2. The molecule has 1 aliphatic rings. The lowest BCUT2D eigenvalue weighted by Crippen LogP contribution is -2.35. The summed E-state index contributed by atoms with van der Waals surface area (Å²) in [5.41, 5.74) is 3.48. The Morgan fingerprint density at radius 3 is 2.29 bits per heavy atom. The molecule has 6 nitrogen and oxygen atoms in total. The number of rotatable bonds is 8. The second kappa shape index (κ2) is 9.34. The minimum atomic E-state index is -0.279. The van der Waals surface area contributed by atoms with E-state index in [4.69, 9.17) is 0 Å². The summed E-state index contributed by atoms with van der Waals surface area (Å²) >= 11 is 0. The van der Waals surface area contributed by atoms with Crippen LogP contribution in [0, 0.1) is 0 Å². The Hall–Kier alpha value is -3.80. The van der Waals surface area contributed by atoms with Gasteiger partial charge in [0.15, 0.2) is 0 Å². The van der Waals surface area contributed by atoms with Crippen molar-refractivity contribution < 1.29 is 9.59 Å². The topological polar surface area (TPSA) is 66.4 Å². The number of carbonyl (C=O) groups excluding carboxylic acids is 2. The van der Waals surface area contributed by atoms with E-state index in [2.05, 4.69) is 9.97 Å². The minimum absolute atomic E-state index is 0.153. The number of hydrogen-bond donors (Lipinski definition) is 0. The first-order chi connectivity index (χ1) is 15.2. The first-order valence-electron chi connectivity index (χ1n) is 10.4. The molecule has 0 aliphatic carbocycles. The monoisotopic (exact) mass is 412 g/mol. The SMILES string of the molecule is CCN(CCc1ccncc1)C1=C(c2ccccc2)C(=O)N(Cc2ccccn2)C1=O. The number of hydrogen-bond acceptors (Lipinski definition) is 5. The van der Waals surface area contributed by atoms with Crippen molar-refractivity contribution in [2.75, 3.05) is 13.1 Å². The van der Waals surface area contributed by atoms with Gasteiger partial charge in [-0.25, -0.2) is 0 Å². The number of pyridine rings is 2. The third kappa shape index (κ3) is 4.38. The largest absolute Gasteiger partial charge is 0.366 e. The summed E-state index contributed by atoms with van der Waals surface area (Å²) < 4.78 is 0. The van der Waals surface area contributed by atoms with Crippen molar-refractivity contribution in [1.29, 1.82) is 0 Å². The van der Waals surface area contributed by atoms with Gasteiger partial charge in [0.05, 0.1) is 17.8 Å². The fourth-order valence-electron chi connectivity index (χ4n) is 3.76. The number of amides is 2. The van der Waals surface area contributed by atoms with Gasteiger partial charge in [-0.1, -0.05) is 36.4 Å². The molecule has 0 bridgehead atoms. The Morgan fingerprint density at radius 2 is 1.61 bits per heavy atom. The van der Waals surface area contributed by atoms with Crippen molar-refractivity contribution in [3.8, 4) is 0 Å². The second-order valence-electron chi connectivity index (χ2n) is 7.29. The quantitative estimate of drug-likeness (QED) is 0.531. The van der Waals surface area contributed by atoms with Gasteiger partial charge in [-0.3, -0.25) is 24.5 Å². The van der Waals surface area contributed by atoms with Crippen molar-refractivity contribution in [2.45, 2.75) is 19.9 Å². The number of nitrogens with zero attached hydrogens (tertiary/aromatic N) is 4. The summed E-state index contributed by atoms with van der Waals surface area (Å²) in [6.07, 6.45) is 5.95. The summed E-state index contributed by atoms with van der Waals surface area (Å²) in [5.74, 6) is -0.551. The maximum atomic E-state index is 13.5. The van der Waals surface area contributed by atoms with Gasteiger partial charge >= 0.3 is 0 Å². The van der Waals surface area contributed by atoms with Gasteiger partial charge in [-0.15, -0.1) is 0 Å². The molecular weight excluding hydrogens is 388 g/mol. The highest BCUT2D eigenvalue weighted by molar-refractivity contribution is 6.35. The Morgan fingerprint density at radius 1 is 0.871 bits per heavy atom. The summed E-state index contributed by atoms with van der Waals surface area (Å²) in [6, 6.07) is 18.8. The fourth-order valence-corrected chi connectivity index (χ4v) is 3.76. The Kier molecular flexibility index (Phi) is 6.17. The van der Waals surface area contributed by atoms with Crippen LogP contribution in [0.4, 0.5) is 0 Å². The Balaban J connectivity index is 1.68. The van der Waals surface area contributed by atoms with E-state index in [-0.39, 0.29) is 18.4 Å². The van der Waals surface area contributed by atoms with Crippen LogP contribution in [0.5, 0.6) is 0 Å². The lowest BCUT2D eigenvalue weighted by Gasteiger charge is -2.24. The van der Waals surface area contributed by atoms with Crippen molar-refractivity contribution in [3.63, 3.8) is 0 Å². The summed E-state index contributed by atoms with van der Waals surface area (Å²) in [7, 11) is 0. The van der Waals surface area contributed by atoms with Crippen molar-refractivity contribution in [1.82, 2.24) is 19.8 Å². The maximum Gasteiger partial charge on any atom is 0.278 e. The zero-order valence-corrected chi connectivity index (χ0v) is 17.4. The molecule has 0 saturated carbocycles. The van der Waals surface area contributed by atoms with Gasteiger partial charge in [-0.2, -0.15) is 0 Å². The molecule has 1 aromatic carbocycles. The van der Waals surface area contributed by atoms with Crippen LogP contribution in [0.3, 0.4) is 0 Å². The predicted molar refractivity (Wildman–Crippen MR) is 118 cm³/mol. The number of likely N-dealkylation sites (N-methyl/N-ethyl adjacent to an activating group) is 1. The molecule has 6 heteroatoms. The normalized spacial score (nSPS) is 13.8. The maximum absolute atomic E-state index is 13.5. The average Bonchev–Trinajstić information content (AvgIpc) is 3.06. The van der Waals surface area contributed by atoms with Crippen molar-refractivity contribution in [3.05, 3.63) is 102 Å². The third-order valence-electron chi connectivity index (χ3n) is 5.37. The molecule has 156 valence electrons. The summed E-state index contributed by atoms with van der Waals surface area (Å²) in [4.78, 5) is 38.5. The third-order valence-corrected chi connectivity index (χ3v) is 5.37. The van der Waals surface area contributed by atoms with Gasteiger partial charge < -0.3 is 4.90 Å². The highest BCUT2D eigenvalue weighted by Crippen LogP contribution is 2.32. The number of carbonyl (C=O) groups is 2. The first kappa shape index (κ1) is 20.5. The molecule has 2 aromatic heterocycles. The standard InChI is InChI=1S/C25H24N4O2/c1-2-28(17-13-19-11-15-26-16-12-19)23-22(20-8-4-3-5-9-20)24(30)29(25(23)31)18-21-10-6-7-14-27-21/h3-12,14-16H,2,13,17-18H2,1H3. The molecule has 0 radical (unpaired) electrons. The first-order valence-corrected chi connectivity index (χ1v) is 10.4. The van der Waals surface area contributed by atoms with E-state index in [1.54, 1.807) is 18.6 Å². The van der Waals surface area contributed by atoms with Gasteiger partial charge in [0.1, 0.15) is 5.70 Å². The summed E-state index contributed by atoms with van der Waals surface area (Å²) in [5, 5.41) is 0. The Labute approximate surface area is 181 Å². The smallest absolute Gasteiger partial charge is 0.278 e. The van der Waals surface area contributed by atoms with Crippen LogP contribution in [0.25, 0.3) is 5.57 Å². The van der Waals surface area contributed by atoms with Gasteiger partial charge in [0, 0.05) is 31.7 Å². The van der Waals surface area contributed by atoms with Crippen LogP contribution >= 0.6 is 0 Å². The van der Waals surface area contributed by atoms with E-state index >= 15 is 0 Å². The van der Waals surface area contributed by atoms with Crippen molar-refractivity contribution in [2.24, 2.45) is 0 Å². The zero-order valence-electron chi connectivity index (χ0n) is 17.4. The number of aromatic nitrogens is 2. The number of imide groups is 1. The molecule has 0 unspecified atom stereocenters. The molecule has 3 aromatic rings. The van der Waals surface area contributed by atoms with Crippen LogP contribution in [-0.4, -0.2) is 44.7 Å². The van der Waals surface area contributed by atoms with E-state index in [1.807, 2.05) is 72.5 Å². The summed E-state index contributed by atoms with van der Waals surface area (Å²) in [6.45, 7) is 3.40.